The standard InChI is InChI=1S/C10H23N3O3S/c1-2-16-8-5-12-17(14,15)13-6-3-10(9-11)4-7-13/h10,12H,2-9,11H2,1H3. The van der Waals surface area contributed by atoms with Crippen LogP contribution in [0.4, 0.5) is 0 Å². The minimum absolute atomic E-state index is 0.326. The lowest BCUT2D eigenvalue weighted by Gasteiger charge is -2.30. The van der Waals surface area contributed by atoms with E-state index < -0.39 is 10.2 Å². The van der Waals surface area contributed by atoms with Crippen LogP contribution in [0.15, 0.2) is 0 Å². The van der Waals surface area contributed by atoms with Gasteiger partial charge in [-0.05, 0) is 32.2 Å². The molecule has 0 aromatic rings. The van der Waals surface area contributed by atoms with Crippen LogP contribution in [-0.4, -0.2) is 52.1 Å². The van der Waals surface area contributed by atoms with Crippen LogP contribution >= 0.6 is 0 Å². The van der Waals surface area contributed by atoms with Gasteiger partial charge in [-0.3, -0.25) is 0 Å². The van der Waals surface area contributed by atoms with Crippen LogP contribution in [0.3, 0.4) is 0 Å². The second kappa shape index (κ2) is 7.27. The highest BCUT2D eigenvalue weighted by Gasteiger charge is 2.26. The Morgan fingerprint density at radius 2 is 2.06 bits per heavy atom. The quantitative estimate of drug-likeness (QED) is 0.609. The summed E-state index contributed by atoms with van der Waals surface area (Å²) in [5.74, 6) is 0.463. The van der Waals surface area contributed by atoms with E-state index in [2.05, 4.69) is 4.72 Å². The van der Waals surface area contributed by atoms with Crippen molar-refractivity contribution < 1.29 is 13.2 Å². The topological polar surface area (TPSA) is 84.7 Å². The maximum Gasteiger partial charge on any atom is 0.279 e. The van der Waals surface area contributed by atoms with Crippen molar-refractivity contribution in [2.75, 3.05) is 39.4 Å². The number of rotatable bonds is 7. The molecule has 0 saturated carbocycles. The summed E-state index contributed by atoms with van der Waals surface area (Å²) in [5, 5.41) is 0. The van der Waals surface area contributed by atoms with Gasteiger partial charge in [0.2, 0.25) is 0 Å². The molecule has 1 saturated heterocycles. The van der Waals surface area contributed by atoms with Gasteiger partial charge in [-0.1, -0.05) is 0 Å². The van der Waals surface area contributed by atoms with Gasteiger partial charge in [0.15, 0.2) is 0 Å². The molecule has 0 aliphatic carbocycles. The van der Waals surface area contributed by atoms with Crippen molar-refractivity contribution in [3.05, 3.63) is 0 Å². The highest BCUT2D eigenvalue weighted by atomic mass is 32.2. The maximum atomic E-state index is 11.9. The first-order valence-corrected chi connectivity index (χ1v) is 7.56. The van der Waals surface area contributed by atoms with Crippen molar-refractivity contribution in [2.24, 2.45) is 11.7 Å². The molecule has 0 bridgehead atoms. The summed E-state index contributed by atoms with van der Waals surface area (Å²) in [6, 6.07) is 0. The molecule has 0 atom stereocenters. The SMILES string of the molecule is CCOCCNS(=O)(=O)N1CCC(CN)CC1. The Morgan fingerprint density at radius 1 is 1.41 bits per heavy atom. The molecule has 1 rings (SSSR count). The highest BCUT2D eigenvalue weighted by Crippen LogP contribution is 2.17. The molecule has 17 heavy (non-hydrogen) atoms. The van der Waals surface area contributed by atoms with E-state index in [9.17, 15) is 8.42 Å². The molecule has 6 nitrogen and oxygen atoms in total. The van der Waals surface area contributed by atoms with Gasteiger partial charge in [0.05, 0.1) is 6.61 Å². The average molecular weight is 265 g/mol. The van der Waals surface area contributed by atoms with Crippen molar-refractivity contribution in [1.29, 1.82) is 0 Å². The molecule has 1 aliphatic rings. The maximum absolute atomic E-state index is 11.9. The zero-order valence-corrected chi connectivity index (χ0v) is 11.2. The van der Waals surface area contributed by atoms with Gasteiger partial charge in [-0.15, -0.1) is 0 Å². The summed E-state index contributed by atoms with van der Waals surface area (Å²) >= 11 is 0. The summed E-state index contributed by atoms with van der Waals surface area (Å²) in [6.07, 6.45) is 1.70. The largest absolute Gasteiger partial charge is 0.380 e. The third kappa shape index (κ3) is 4.89. The number of hydrogen-bond acceptors (Lipinski definition) is 4. The molecule has 102 valence electrons. The van der Waals surface area contributed by atoms with Crippen LogP contribution in [-0.2, 0) is 14.9 Å². The van der Waals surface area contributed by atoms with Crippen LogP contribution in [0, 0.1) is 5.92 Å². The van der Waals surface area contributed by atoms with E-state index in [0.29, 0.717) is 45.3 Å². The van der Waals surface area contributed by atoms with Crippen molar-refractivity contribution in [3.63, 3.8) is 0 Å². The number of nitrogens with two attached hydrogens (primary N) is 1. The monoisotopic (exact) mass is 265 g/mol. The Labute approximate surface area is 104 Å². The summed E-state index contributed by atoms with van der Waals surface area (Å²) in [5.41, 5.74) is 5.57. The number of nitrogens with zero attached hydrogens (tertiary/aromatic N) is 1. The normalized spacial score (nSPS) is 19.6. The Bertz CT molecular complexity index is 300. The van der Waals surface area contributed by atoms with Crippen LogP contribution in [0.1, 0.15) is 19.8 Å². The second-order valence-corrected chi connectivity index (χ2v) is 5.93. The van der Waals surface area contributed by atoms with E-state index >= 15 is 0 Å². The number of nitrogens with one attached hydrogen (secondary N) is 1. The predicted molar refractivity (Wildman–Crippen MR) is 66.8 cm³/mol. The molecule has 0 radical (unpaired) electrons. The molecule has 1 fully saturated rings. The predicted octanol–water partition coefficient (Wildman–Crippen LogP) is -0.472. The molecule has 7 heteroatoms. The lowest BCUT2D eigenvalue weighted by molar-refractivity contribution is 0.152. The van der Waals surface area contributed by atoms with E-state index in [-0.39, 0.29) is 0 Å². The molecular weight excluding hydrogens is 242 g/mol. The zero-order valence-electron chi connectivity index (χ0n) is 10.4. The summed E-state index contributed by atoms with van der Waals surface area (Å²) in [4.78, 5) is 0. The molecule has 3 N–H and O–H groups in total. The van der Waals surface area contributed by atoms with E-state index in [1.165, 1.54) is 4.31 Å². The minimum atomic E-state index is -3.33. The van der Waals surface area contributed by atoms with Crippen molar-refractivity contribution >= 4 is 10.2 Å². The number of piperidine rings is 1. The number of hydrogen-bond donors (Lipinski definition) is 2. The molecular formula is C10H23N3O3S. The van der Waals surface area contributed by atoms with Gasteiger partial charge in [0, 0.05) is 26.2 Å². The lowest BCUT2D eigenvalue weighted by Crippen LogP contribution is -2.46. The fraction of sp³-hybridized carbons (Fsp3) is 1.00. The Kier molecular flexibility index (Phi) is 6.35. The van der Waals surface area contributed by atoms with Gasteiger partial charge in [-0.25, -0.2) is 0 Å². The van der Waals surface area contributed by atoms with Crippen molar-refractivity contribution in [1.82, 2.24) is 9.03 Å². The van der Waals surface area contributed by atoms with Crippen LogP contribution < -0.4 is 10.5 Å². The minimum Gasteiger partial charge on any atom is -0.380 e. The van der Waals surface area contributed by atoms with Crippen LogP contribution in [0.5, 0.6) is 0 Å². The zero-order chi connectivity index (χ0) is 12.7. The van der Waals surface area contributed by atoms with Gasteiger partial charge in [0.1, 0.15) is 0 Å². The van der Waals surface area contributed by atoms with Crippen molar-refractivity contribution in [2.45, 2.75) is 19.8 Å². The molecule has 0 spiro atoms. The smallest absolute Gasteiger partial charge is 0.279 e. The summed E-state index contributed by atoms with van der Waals surface area (Å²) in [7, 11) is -3.33. The van der Waals surface area contributed by atoms with Gasteiger partial charge >= 0.3 is 0 Å². The van der Waals surface area contributed by atoms with Gasteiger partial charge in [-0.2, -0.15) is 17.4 Å². The molecule has 0 unspecified atom stereocenters. The summed E-state index contributed by atoms with van der Waals surface area (Å²) in [6.45, 7) is 4.99. The highest BCUT2D eigenvalue weighted by molar-refractivity contribution is 7.87. The Morgan fingerprint density at radius 3 is 2.59 bits per heavy atom. The average Bonchev–Trinajstić information content (AvgIpc) is 2.35. The van der Waals surface area contributed by atoms with E-state index in [1.54, 1.807) is 0 Å². The van der Waals surface area contributed by atoms with E-state index in [4.69, 9.17) is 10.5 Å². The second-order valence-electron chi connectivity index (χ2n) is 4.17. The molecule has 1 heterocycles. The van der Waals surface area contributed by atoms with Gasteiger partial charge < -0.3 is 10.5 Å². The Balaban J connectivity index is 2.33. The van der Waals surface area contributed by atoms with Crippen LogP contribution in [0.2, 0.25) is 0 Å². The molecule has 0 aromatic carbocycles. The number of ether oxygens (including phenoxy) is 1. The first kappa shape index (κ1) is 14.8. The molecule has 1 aliphatic heterocycles. The van der Waals surface area contributed by atoms with E-state index in [0.717, 1.165) is 12.8 Å². The van der Waals surface area contributed by atoms with Crippen molar-refractivity contribution in [3.8, 4) is 0 Å². The summed E-state index contributed by atoms with van der Waals surface area (Å²) < 4.78 is 32.9. The third-order valence-corrected chi connectivity index (χ3v) is 4.60. The lowest BCUT2D eigenvalue weighted by atomic mass is 9.99. The molecule has 0 amide bonds. The fourth-order valence-electron chi connectivity index (χ4n) is 1.86. The molecule has 0 aromatic heterocycles. The van der Waals surface area contributed by atoms with Gasteiger partial charge in [0.25, 0.3) is 10.2 Å². The van der Waals surface area contributed by atoms with Crippen LogP contribution in [0.25, 0.3) is 0 Å². The first-order valence-electron chi connectivity index (χ1n) is 6.12. The Hall–Kier alpha value is -0.210. The fourth-order valence-corrected chi connectivity index (χ4v) is 3.08. The third-order valence-electron chi connectivity index (χ3n) is 2.98. The first-order chi connectivity index (χ1) is 8.10. The van der Waals surface area contributed by atoms with E-state index in [1.807, 2.05) is 6.92 Å².